The Bertz CT molecular complexity index is 1010. The minimum Gasteiger partial charge on any atom is -0.369 e. The second-order valence-corrected chi connectivity index (χ2v) is 7.90. The molecule has 0 atom stereocenters. The highest BCUT2D eigenvalue weighted by molar-refractivity contribution is 5.81. The molecule has 1 fully saturated rings. The molecule has 2 heterocycles. The molecule has 0 spiro atoms. The molecule has 2 N–H and O–H groups in total. The van der Waals surface area contributed by atoms with Crippen LogP contribution in [-0.4, -0.2) is 55.4 Å². The van der Waals surface area contributed by atoms with Crippen LogP contribution >= 0.6 is 0 Å². The number of nitrogens with one attached hydrogen (secondary N) is 2. The Morgan fingerprint density at radius 2 is 1.87 bits per heavy atom. The van der Waals surface area contributed by atoms with E-state index in [2.05, 4.69) is 25.6 Å². The van der Waals surface area contributed by atoms with E-state index in [9.17, 15) is 9.18 Å². The standard InChI is InChI=1S/C23H28FN5O2/c1-17-3-8-22-20(15-17)21(27-31-22)16-26-23(30)25-9-2-10-28-11-13-29(14-12-28)19-6-4-18(24)5-7-19/h3-8,15H,2,9-14,16H2,1H3,(H2,25,26,30). The van der Waals surface area contributed by atoms with Crippen LogP contribution in [0, 0.1) is 12.7 Å². The van der Waals surface area contributed by atoms with Crippen molar-refractivity contribution in [3.63, 3.8) is 0 Å². The Balaban J connectivity index is 1.12. The number of amides is 2. The molecule has 3 aromatic rings. The second-order valence-electron chi connectivity index (χ2n) is 7.90. The number of aryl methyl sites for hydroxylation is 1. The van der Waals surface area contributed by atoms with E-state index in [1.54, 1.807) is 0 Å². The molecule has 0 bridgehead atoms. The highest BCUT2D eigenvalue weighted by Gasteiger charge is 2.17. The molecule has 4 rings (SSSR count). The molecule has 0 aliphatic carbocycles. The Morgan fingerprint density at radius 3 is 2.65 bits per heavy atom. The summed E-state index contributed by atoms with van der Waals surface area (Å²) in [5.41, 5.74) is 3.64. The van der Waals surface area contributed by atoms with Crippen molar-refractivity contribution >= 4 is 22.7 Å². The molecular weight excluding hydrogens is 397 g/mol. The lowest BCUT2D eigenvalue weighted by atomic mass is 10.1. The van der Waals surface area contributed by atoms with Gasteiger partial charge in [0.2, 0.25) is 0 Å². The van der Waals surface area contributed by atoms with Gasteiger partial charge in [0, 0.05) is 43.8 Å². The maximum atomic E-state index is 13.1. The molecule has 7 nitrogen and oxygen atoms in total. The number of hydrogen-bond donors (Lipinski definition) is 2. The van der Waals surface area contributed by atoms with Gasteiger partial charge in [-0.05, 0) is 56.3 Å². The number of nitrogens with zero attached hydrogens (tertiary/aromatic N) is 3. The van der Waals surface area contributed by atoms with E-state index in [0.717, 1.165) is 67.1 Å². The summed E-state index contributed by atoms with van der Waals surface area (Å²) >= 11 is 0. The minimum atomic E-state index is -0.205. The van der Waals surface area contributed by atoms with E-state index in [1.807, 2.05) is 37.3 Å². The molecule has 2 amide bonds. The first-order valence-corrected chi connectivity index (χ1v) is 10.7. The molecule has 1 aromatic heterocycles. The molecule has 8 heteroatoms. The summed E-state index contributed by atoms with van der Waals surface area (Å²) in [5.74, 6) is -0.205. The van der Waals surface area contributed by atoms with Gasteiger partial charge in [0.15, 0.2) is 5.58 Å². The Labute approximate surface area is 181 Å². The topological polar surface area (TPSA) is 73.6 Å². The lowest BCUT2D eigenvalue weighted by Gasteiger charge is -2.36. The van der Waals surface area contributed by atoms with E-state index >= 15 is 0 Å². The van der Waals surface area contributed by atoms with Crippen molar-refractivity contribution in [1.82, 2.24) is 20.7 Å². The fourth-order valence-corrected chi connectivity index (χ4v) is 3.84. The third kappa shape index (κ3) is 5.52. The monoisotopic (exact) mass is 425 g/mol. The normalized spacial score (nSPS) is 14.7. The molecular formula is C23H28FN5O2. The van der Waals surface area contributed by atoms with Crippen molar-refractivity contribution in [3.8, 4) is 0 Å². The summed E-state index contributed by atoms with van der Waals surface area (Å²) in [4.78, 5) is 16.8. The van der Waals surface area contributed by atoms with Crippen LogP contribution in [0.25, 0.3) is 11.0 Å². The summed E-state index contributed by atoms with van der Waals surface area (Å²) < 4.78 is 18.4. The van der Waals surface area contributed by atoms with E-state index in [4.69, 9.17) is 4.52 Å². The fraction of sp³-hybridized carbons (Fsp3) is 0.391. The average molecular weight is 426 g/mol. The van der Waals surface area contributed by atoms with Crippen molar-refractivity contribution in [2.24, 2.45) is 0 Å². The van der Waals surface area contributed by atoms with Gasteiger partial charge in [-0.2, -0.15) is 0 Å². The maximum absolute atomic E-state index is 13.1. The predicted octanol–water partition coefficient (Wildman–Crippen LogP) is 3.29. The SMILES string of the molecule is Cc1ccc2onc(CNC(=O)NCCCN3CCN(c4ccc(F)cc4)CC3)c2c1. The van der Waals surface area contributed by atoms with Crippen LogP contribution < -0.4 is 15.5 Å². The van der Waals surface area contributed by atoms with Gasteiger partial charge in [0.05, 0.1) is 6.54 Å². The first kappa shape index (κ1) is 21.1. The molecule has 1 aliphatic rings. The third-order valence-electron chi connectivity index (χ3n) is 5.62. The zero-order chi connectivity index (χ0) is 21.6. The Morgan fingerprint density at radius 1 is 1.10 bits per heavy atom. The first-order valence-electron chi connectivity index (χ1n) is 10.7. The van der Waals surface area contributed by atoms with Gasteiger partial charge in [-0.1, -0.05) is 16.8 Å². The quantitative estimate of drug-likeness (QED) is 0.569. The van der Waals surface area contributed by atoms with Crippen LogP contribution in [0.2, 0.25) is 0 Å². The number of piperazine rings is 1. The number of carbonyl (C=O) groups excluding carboxylic acids is 1. The van der Waals surface area contributed by atoms with Crippen molar-refractivity contribution < 1.29 is 13.7 Å². The zero-order valence-corrected chi connectivity index (χ0v) is 17.7. The lowest BCUT2D eigenvalue weighted by Crippen LogP contribution is -2.47. The van der Waals surface area contributed by atoms with Gasteiger partial charge < -0.3 is 20.1 Å². The smallest absolute Gasteiger partial charge is 0.315 e. The maximum Gasteiger partial charge on any atom is 0.315 e. The number of fused-ring (bicyclic) bond motifs is 1. The largest absolute Gasteiger partial charge is 0.369 e. The molecule has 2 aromatic carbocycles. The first-order chi connectivity index (χ1) is 15.1. The van der Waals surface area contributed by atoms with Gasteiger partial charge in [0.25, 0.3) is 0 Å². The number of halogens is 1. The van der Waals surface area contributed by atoms with Gasteiger partial charge in [-0.15, -0.1) is 0 Å². The number of urea groups is 1. The van der Waals surface area contributed by atoms with Crippen LogP contribution in [0.5, 0.6) is 0 Å². The van der Waals surface area contributed by atoms with Crippen molar-refractivity contribution in [3.05, 3.63) is 59.5 Å². The number of benzene rings is 2. The molecule has 1 saturated heterocycles. The van der Waals surface area contributed by atoms with Crippen LogP contribution in [-0.2, 0) is 6.54 Å². The number of rotatable bonds is 7. The number of aromatic nitrogens is 1. The van der Waals surface area contributed by atoms with E-state index in [1.165, 1.54) is 12.1 Å². The minimum absolute atomic E-state index is 0.204. The van der Waals surface area contributed by atoms with E-state index in [-0.39, 0.29) is 11.8 Å². The second kappa shape index (κ2) is 9.78. The Hall–Kier alpha value is -3.13. The molecule has 164 valence electrons. The summed E-state index contributed by atoms with van der Waals surface area (Å²) in [6, 6.07) is 12.3. The number of hydrogen-bond acceptors (Lipinski definition) is 5. The third-order valence-corrected chi connectivity index (χ3v) is 5.62. The van der Waals surface area contributed by atoms with Crippen LogP contribution in [0.1, 0.15) is 17.7 Å². The molecule has 1 aliphatic heterocycles. The summed E-state index contributed by atoms with van der Waals surface area (Å²) in [6.45, 7) is 7.65. The number of carbonyl (C=O) groups is 1. The molecule has 0 radical (unpaired) electrons. The Kier molecular flexibility index (Phi) is 6.66. The van der Waals surface area contributed by atoms with E-state index in [0.29, 0.717) is 13.1 Å². The van der Waals surface area contributed by atoms with Gasteiger partial charge in [-0.25, -0.2) is 9.18 Å². The fourth-order valence-electron chi connectivity index (χ4n) is 3.84. The van der Waals surface area contributed by atoms with E-state index < -0.39 is 0 Å². The van der Waals surface area contributed by atoms with Gasteiger partial charge in [-0.3, -0.25) is 4.90 Å². The molecule has 0 unspecified atom stereocenters. The van der Waals surface area contributed by atoms with Gasteiger partial charge >= 0.3 is 6.03 Å². The van der Waals surface area contributed by atoms with Crippen LogP contribution in [0.15, 0.2) is 47.0 Å². The number of anilines is 1. The summed E-state index contributed by atoms with van der Waals surface area (Å²) in [5, 5.41) is 10.7. The highest BCUT2D eigenvalue weighted by atomic mass is 19.1. The van der Waals surface area contributed by atoms with Crippen LogP contribution in [0.3, 0.4) is 0 Å². The van der Waals surface area contributed by atoms with Crippen molar-refractivity contribution in [1.29, 1.82) is 0 Å². The van der Waals surface area contributed by atoms with Crippen molar-refractivity contribution in [2.45, 2.75) is 19.9 Å². The lowest BCUT2D eigenvalue weighted by molar-refractivity contribution is 0.235. The summed E-state index contributed by atoms with van der Waals surface area (Å²) in [7, 11) is 0. The van der Waals surface area contributed by atoms with Gasteiger partial charge in [0.1, 0.15) is 11.5 Å². The molecule has 31 heavy (non-hydrogen) atoms. The summed E-state index contributed by atoms with van der Waals surface area (Å²) in [6.07, 6.45) is 0.885. The van der Waals surface area contributed by atoms with Crippen LogP contribution in [0.4, 0.5) is 14.9 Å². The average Bonchev–Trinajstić information content (AvgIpc) is 3.18. The van der Waals surface area contributed by atoms with Crippen molar-refractivity contribution in [2.75, 3.05) is 44.2 Å². The predicted molar refractivity (Wildman–Crippen MR) is 119 cm³/mol. The molecule has 0 saturated carbocycles. The highest BCUT2D eigenvalue weighted by Crippen LogP contribution is 2.19. The zero-order valence-electron chi connectivity index (χ0n) is 17.7.